The number of pyridine rings is 1. The Balaban J connectivity index is 3.48. The van der Waals surface area contributed by atoms with E-state index < -0.39 is 4.92 Å². The normalized spacial score (nSPS) is 9.80. The molecule has 0 aromatic carbocycles. The predicted molar refractivity (Wildman–Crippen MR) is 59.9 cm³/mol. The van der Waals surface area contributed by atoms with Gasteiger partial charge in [0.25, 0.3) is 0 Å². The SMILES string of the molecule is C=C(C)c1nccc(N(C)C)c1[N+](=O)[O-]. The molecule has 0 unspecified atom stereocenters. The summed E-state index contributed by atoms with van der Waals surface area (Å²) < 4.78 is 0. The van der Waals surface area contributed by atoms with E-state index >= 15 is 0 Å². The molecule has 0 bridgehead atoms. The van der Waals surface area contributed by atoms with Crippen LogP contribution in [0.1, 0.15) is 12.6 Å². The highest BCUT2D eigenvalue weighted by Gasteiger charge is 2.22. The highest BCUT2D eigenvalue weighted by atomic mass is 16.6. The number of hydrogen-bond donors (Lipinski definition) is 0. The Bertz CT molecular complexity index is 413. The number of rotatable bonds is 3. The molecule has 1 aromatic rings. The second-order valence-corrected chi connectivity index (χ2v) is 3.46. The van der Waals surface area contributed by atoms with Gasteiger partial charge in [-0.1, -0.05) is 6.58 Å². The Morgan fingerprint density at radius 3 is 2.60 bits per heavy atom. The lowest BCUT2D eigenvalue weighted by atomic mass is 10.1. The molecule has 5 nitrogen and oxygen atoms in total. The first-order chi connectivity index (χ1) is 6.95. The number of nitrogens with zero attached hydrogens (tertiary/aromatic N) is 3. The molecule has 0 aliphatic carbocycles. The van der Waals surface area contributed by atoms with Gasteiger partial charge in [0.15, 0.2) is 0 Å². The molecular weight excluding hydrogens is 194 g/mol. The van der Waals surface area contributed by atoms with Crippen molar-refractivity contribution >= 4 is 16.9 Å². The standard InChI is InChI=1S/C10H13N3O2/c1-7(2)9-10(13(14)15)8(12(3)4)5-6-11-9/h5-6H,1H2,2-4H3. The number of aromatic nitrogens is 1. The van der Waals surface area contributed by atoms with Crippen LogP contribution < -0.4 is 4.90 Å². The summed E-state index contributed by atoms with van der Waals surface area (Å²) in [4.78, 5) is 16.2. The molecule has 0 amide bonds. The van der Waals surface area contributed by atoms with E-state index in [0.29, 0.717) is 17.0 Å². The van der Waals surface area contributed by atoms with E-state index in [2.05, 4.69) is 11.6 Å². The molecule has 0 N–H and O–H groups in total. The molecule has 5 heteroatoms. The maximum Gasteiger partial charge on any atom is 0.318 e. The second kappa shape index (κ2) is 4.08. The van der Waals surface area contributed by atoms with Gasteiger partial charge in [-0.05, 0) is 18.6 Å². The van der Waals surface area contributed by atoms with Gasteiger partial charge in [0.1, 0.15) is 11.4 Å². The minimum atomic E-state index is -0.424. The summed E-state index contributed by atoms with van der Waals surface area (Å²) in [5.41, 5.74) is 1.47. The quantitative estimate of drug-likeness (QED) is 0.562. The van der Waals surface area contributed by atoms with Crippen LogP contribution >= 0.6 is 0 Å². The summed E-state index contributed by atoms with van der Waals surface area (Å²) in [7, 11) is 3.51. The summed E-state index contributed by atoms with van der Waals surface area (Å²) in [5.74, 6) is 0. The van der Waals surface area contributed by atoms with Crippen molar-refractivity contribution < 1.29 is 4.92 Å². The Labute approximate surface area is 88.2 Å². The van der Waals surface area contributed by atoms with E-state index in [1.54, 1.807) is 38.2 Å². The van der Waals surface area contributed by atoms with Gasteiger partial charge in [0.2, 0.25) is 0 Å². The zero-order chi connectivity index (χ0) is 11.6. The van der Waals surface area contributed by atoms with Crippen molar-refractivity contribution in [2.24, 2.45) is 0 Å². The summed E-state index contributed by atoms with van der Waals surface area (Å²) in [6, 6.07) is 1.62. The number of hydrogen-bond acceptors (Lipinski definition) is 4. The minimum absolute atomic E-state index is 0.00926. The van der Waals surface area contributed by atoms with E-state index in [-0.39, 0.29) is 5.69 Å². The molecule has 0 saturated heterocycles. The summed E-state index contributed by atoms with van der Waals surface area (Å²) in [6.45, 7) is 5.39. The van der Waals surface area contributed by atoms with E-state index in [1.165, 1.54) is 0 Å². The second-order valence-electron chi connectivity index (χ2n) is 3.46. The molecule has 0 fully saturated rings. The van der Waals surface area contributed by atoms with Crippen molar-refractivity contribution in [2.45, 2.75) is 6.92 Å². The van der Waals surface area contributed by atoms with E-state index in [1.807, 2.05) is 0 Å². The van der Waals surface area contributed by atoms with Crippen molar-refractivity contribution in [3.05, 3.63) is 34.7 Å². The third kappa shape index (κ3) is 2.12. The smallest absolute Gasteiger partial charge is 0.318 e. The van der Waals surface area contributed by atoms with Crippen LogP contribution in [0.3, 0.4) is 0 Å². The number of nitro groups is 1. The molecule has 15 heavy (non-hydrogen) atoms. The van der Waals surface area contributed by atoms with Crippen molar-refractivity contribution in [1.82, 2.24) is 4.98 Å². The lowest BCUT2D eigenvalue weighted by Crippen LogP contribution is -2.12. The van der Waals surface area contributed by atoms with Gasteiger partial charge in [-0.3, -0.25) is 10.1 Å². The van der Waals surface area contributed by atoms with E-state index in [0.717, 1.165) is 0 Å². The van der Waals surface area contributed by atoms with Crippen LogP contribution in [0.4, 0.5) is 11.4 Å². The van der Waals surface area contributed by atoms with Crippen LogP contribution in [0, 0.1) is 10.1 Å². The zero-order valence-electron chi connectivity index (χ0n) is 9.02. The van der Waals surface area contributed by atoms with Crippen LogP contribution in [0.5, 0.6) is 0 Å². The fourth-order valence-electron chi connectivity index (χ4n) is 1.30. The van der Waals surface area contributed by atoms with E-state index in [4.69, 9.17) is 0 Å². The molecular formula is C10H13N3O2. The van der Waals surface area contributed by atoms with E-state index in [9.17, 15) is 10.1 Å². The van der Waals surface area contributed by atoms with Crippen molar-refractivity contribution in [1.29, 1.82) is 0 Å². The molecule has 0 aliphatic rings. The maximum absolute atomic E-state index is 10.9. The van der Waals surface area contributed by atoms with Crippen LogP contribution in [-0.2, 0) is 0 Å². The largest absolute Gasteiger partial charge is 0.372 e. The first-order valence-electron chi connectivity index (χ1n) is 4.41. The van der Waals surface area contributed by atoms with Gasteiger partial charge in [0.05, 0.1) is 4.92 Å². The molecule has 0 spiro atoms. The van der Waals surface area contributed by atoms with Crippen molar-refractivity contribution in [3.8, 4) is 0 Å². The van der Waals surface area contributed by atoms with Gasteiger partial charge >= 0.3 is 5.69 Å². The topological polar surface area (TPSA) is 59.3 Å². The fourth-order valence-corrected chi connectivity index (χ4v) is 1.30. The lowest BCUT2D eigenvalue weighted by molar-refractivity contribution is -0.384. The highest BCUT2D eigenvalue weighted by molar-refractivity contribution is 5.76. The first kappa shape index (κ1) is 11.2. The number of anilines is 1. The third-order valence-corrected chi connectivity index (χ3v) is 1.97. The van der Waals surface area contributed by atoms with Gasteiger partial charge in [-0.25, -0.2) is 4.98 Å². The van der Waals surface area contributed by atoms with Gasteiger partial charge in [0, 0.05) is 20.3 Å². The summed E-state index contributed by atoms with van der Waals surface area (Å²) >= 11 is 0. The van der Waals surface area contributed by atoms with Crippen LogP contribution in [0.25, 0.3) is 5.57 Å². The molecule has 0 saturated carbocycles. The maximum atomic E-state index is 10.9. The average molecular weight is 207 g/mol. The van der Waals surface area contributed by atoms with Crippen LogP contribution in [-0.4, -0.2) is 24.0 Å². The van der Waals surface area contributed by atoms with Crippen LogP contribution in [0.15, 0.2) is 18.8 Å². The Kier molecular flexibility index (Phi) is 3.04. The molecule has 0 atom stereocenters. The van der Waals surface area contributed by atoms with Crippen molar-refractivity contribution in [3.63, 3.8) is 0 Å². The Morgan fingerprint density at radius 1 is 1.60 bits per heavy atom. The molecule has 1 heterocycles. The van der Waals surface area contributed by atoms with Gasteiger partial charge < -0.3 is 4.90 Å². The lowest BCUT2D eigenvalue weighted by Gasteiger charge is -2.13. The fraction of sp³-hybridized carbons (Fsp3) is 0.300. The van der Waals surface area contributed by atoms with Gasteiger partial charge in [-0.15, -0.1) is 0 Å². The molecule has 0 aliphatic heterocycles. The average Bonchev–Trinajstić information content (AvgIpc) is 2.16. The molecule has 0 radical (unpaired) electrons. The Morgan fingerprint density at radius 2 is 2.20 bits per heavy atom. The Hall–Kier alpha value is -1.91. The van der Waals surface area contributed by atoms with Crippen molar-refractivity contribution in [2.75, 3.05) is 19.0 Å². The summed E-state index contributed by atoms with van der Waals surface area (Å²) in [6.07, 6.45) is 1.55. The predicted octanol–water partition coefficient (Wildman–Crippen LogP) is 2.09. The number of allylic oxidation sites excluding steroid dienone is 1. The molecule has 1 rings (SSSR count). The molecule has 1 aromatic heterocycles. The van der Waals surface area contributed by atoms with Crippen LogP contribution in [0.2, 0.25) is 0 Å². The first-order valence-corrected chi connectivity index (χ1v) is 4.41. The monoisotopic (exact) mass is 207 g/mol. The minimum Gasteiger partial charge on any atom is -0.372 e. The van der Waals surface area contributed by atoms with Gasteiger partial charge in [-0.2, -0.15) is 0 Å². The summed E-state index contributed by atoms with van der Waals surface area (Å²) in [5, 5.41) is 10.9. The zero-order valence-corrected chi connectivity index (χ0v) is 9.02. The third-order valence-electron chi connectivity index (χ3n) is 1.97. The molecule has 80 valence electrons. The highest BCUT2D eigenvalue weighted by Crippen LogP contribution is 2.31.